The standard InChI is InChI=1S/C7H10BF2N/c1-11-5-3-2-4(8)6(9)7(5)10/h2-3,6-7,11H,8H2,1H3. The molecule has 0 aliphatic heterocycles. The van der Waals surface area contributed by atoms with Gasteiger partial charge in [-0.15, -0.1) is 0 Å². The van der Waals surface area contributed by atoms with E-state index in [4.69, 9.17) is 0 Å². The maximum absolute atomic E-state index is 12.9. The molecule has 1 rings (SSSR count). The maximum Gasteiger partial charge on any atom is 0.173 e. The molecule has 0 heterocycles. The summed E-state index contributed by atoms with van der Waals surface area (Å²) in [4.78, 5) is 0. The minimum atomic E-state index is -1.52. The molecule has 60 valence electrons. The van der Waals surface area contributed by atoms with Crippen molar-refractivity contribution in [2.45, 2.75) is 12.3 Å². The third-order valence-corrected chi connectivity index (χ3v) is 1.80. The number of rotatable bonds is 1. The van der Waals surface area contributed by atoms with Crippen LogP contribution in [-0.2, 0) is 0 Å². The zero-order valence-electron chi connectivity index (χ0n) is 6.57. The predicted octanol–water partition coefficient (Wildman–Crippen LogP) is 0.297. The summed E-state index contributed by atoms with van der Waals surface area (Å²) in [6.45, 7) is 0. The summed E-state index contributed by atoms with van der Waals surface area (Å²) in [5.41, 5.74) is 0.750. The molecule has 0 radical (unpaired) electrons. The quantitative estimate of drug-likeness (QED) is 0.539. The number of hydrogen-bond acceptors (Lipinski definition) is 1. The molecule has 1 N–H and O–H groups in total. The van der Waals surface area contributed by atoms with Crippen LogP contribution in [0, 0.1) is 0 Å². The summed E-state index contributed by atoms with van der Waals surface area (Å²) in [7, 11) is 3.17. The van der Waals surface area contributed by atoms with E-state index < -0.39 is 12.3 Å². The van der Waals surface area contributed by atoms with Gasteiger partial charge in [-0.1, -0.05) is 11.5 Å². The fourth-order valence-electron chi connectivity index (χ4n) is 1.01. The molecule has 0 bridgehead atoms. The highest BCUT2D eigenvalue weighted by Gasteiger charge is 2.27. The van der Waals surface area contributed by atoms with E-state index in [1.54, 1.807) is 27.0 Å². The van der Waals surface area contributed by atoms with Crippen molar-refractivity contribution in [3.05, 3.63) is 23.3 Å². The molecular weight excluding hydrogens is 147 g/mol. The Morgan fingerprint density at radius 1 is 1.36 bits per heavy atom. The molecule has 1 aliphatic rings. The lowest BCUT2D eigenvalue weighted by molar-refractivity contribution is 0.223. The lowest BCUT2D eigenvalue weighted by Crippen LogP contribution is -2.30. The van der Waals surface area contributed by atoms with Crippen LogP contribution in [-0.4, -0.2) is 27.2 Å². The van der Waals surface area contributed by atoms with E-state index in [1.165, 1.54) is 0 Å². The molecule has 1 nitrogen and oxygen atoms in total. The van der Waals surface area contributed by atoms with Gasteiger partial charge in [0.1, 0.15) is 14.0 Å². The van der Waals surface area contributed by atoms with E-state index in [1.807, 2.05) is 0 Å². The van der Waals surface area contributed by atoms with Gasteiger partial charge in [-0.3, -0.25) is 0 Å². The lowest BCUT2D eigenvalue weighted by Gasteiger charge is -2.20. The number of hydrogen-bond donors (Lipinski definition) is 1. The molecule has 0 saturated carbocycles. The summed E-state index contributed by atoms with van der Waals surface area (Å²) in [6, 6.07) is 0. The van der Waals surface area contributed by atoms with E-state index in [2.05, 4.69) is 5.32 Å². The molecule has 11 heavy (non-hydrogen) atoms. The predicted molar refractivity (Wildman–Crippen MR) is 43.6 cm³/mol. The summed E-state index contributed by atoms with van der Waals surface area (Å²) >= 11 is 0. The number of halogens is 2. The van der Waals surface area contributed by atoms with Crippen LogP contribution in [0.4, 0.5) is 8.78 Å². The number of alkyl halides is 2. The first kappa shape index (κ1) is 8.30. The highest BCUT2D eigenvalue weighted by atomic mass is 19.2. The second-order valence-corrected chi connectivity index (χ2v) is 2.59. The Morgan fingerprint density at radius 2 is 2.00 bits per heavy atom. The second kappa shape index (κ2) is 3.07. The van der Waals surface area contributed by atoms with Gasteiger partial charge in [0.25, 0.3) is 0 Å². The number of nitrogens with one attached hydrogen (secondary N) is 1. The molecule has 0 fully saturated rings. The molecule has 0 saturated heterocycles. The van der Waals surface area contributed by atoms with Crippen LogP contribution in [0.25, 0.3) is 0 Å². The molecular formula is C7H10BF2N. The minimum absolute atomic E-state index is 0.308. The Labute approximate surface area is 65.6 Å². The van der Waals surface area contributed by atoms with E-state index in [0.717, 1.165) is 0 Å². The SMILES string of the molecule is BC1=CC=C(NC)C(F)C1F. The molecule has 2 atom stereocenters. The molecule has 0 aromatic rings. The Hall–Kier alpha value is -0.795. The first-order chi connectivity index (χ1) is 5.16. The van der Waals surface area contributed by atoms with Crippen LogP contribution >= 0.6 is 0 Å². The van der Waals surface area contributed by atoms with Crippen LogP contribution in [0.3, 0.4) is 0 Å². The van der Waals surface area contributed by atoms with Crippen LogP contribution < -0.4 is 5.32 Å². The normalized spacial score (nSPS) is 30.8. The largest absolute Gasteiger partial charge is 0.389 e. The van der Waals surface area contributed by atoms with Crippen molar-refractivity contribution >= 4 is 7.85 Å². The summed E-state index contributed by atoms with van der Waals surface area (Å²) in [6.07, 6.45) is 0.148. The lowest BCUT2D eigenvalue weighted by atomic mass is 9.85. The Balaban J connectivity index is 2.84. The highest BCUT2D eigenvalue weighted by Crippen LogP contribution is 2.21. The molecule has 0 amide bonds. The van der Waals surface area contributed by atoms with Gasteiger partial charge >= 0.3 is 0 Å². The maximum atomic E-state index is 12.9. The van der Waals surface area contributed by atoms with Crippen molar-refractivity contribution in [2.75, 3.05) is 7.05 Å². The molecule has 0 aromatic heterocycles. The monoisotopic (exact) mass is 157 g/mol. The minimum Gasteiger partial charge on any atom is -0.389 e. The summed E-state index contributed by atoms with van der Waals surface area (Å²) in [5.74, 6) is 0. The second-order valence-electron chi connectivity index (χ2n) is 2.59. The van der Waals surface area contributed by atoms with Gasteiger partial charge in [0.2, 0.25) is 0 Å². The Kier molecular flexibility index (Phi) is 2.32. The zero-order valence-corrected chi connectivity index (χ0v) is 6.57. The first-order valence-corrected chi connectivity index (χ1v) is 3.51. The van der Waals surface area contributed by atoms with Crippen LogP contribution in [0.5, 0.6) is 0 Å². The fraction of sp³-hybridized carbons (Fsp3) is 0.429. The van der Waals surface area contributed by atoms with Gasteiger partial charge in [0, 0.05) is 12.7 Å². The van der Waals surface area contributed by atoms with Crippen molar-refractivity contribution in [1.29, 1.82) is 0 Å². The summed E-state index contributed by atoms with van der Waals surface area (Å²) < 4.78 is 25.8. The van der Waals surface area contributed by atoms with Crippen LogP contribution in [0.1, 0.15) is 0 Å². The fourth-order valence-corrected chi connectivity index (χ4v) is 1.01. The van der Waals surface area contributed by atoms with Gasteiger partial charge < -0.3 is 5.32 Å². The smallest absolute Gasteiger partial charge is 0.173 e. The van der Waals surface area contributed by atoms with E-state index in [9.17, 15) is 8.78 Å². The van der Waals surface area contributed by atoms with Gasteiger partial charge in [-0.25, -0.2) is 8.78 Å². The first-order valence-electron chi connectivity index (χ1n) is 3.51. The third kappa shape index (κ3) is 1.44. The number of allylic oxidation sites excluding steroid dienone is 4. The van der Waals surface area contributed by atoms with Crippen LogP contribution in [0.15, 0.2) is 23.3 Å². The topological polar surface area (TPSA) is 12.0 Å². The summed E-state index contributed by atoms with van der Waals surface area (Å²) in [5, 5.41) is 2.61. The van der Waals surface area contributed by atoms with Gasteiger partial charge in [-0.2, -0.15) is 0 Å². The zero-order chi connectivity index (χ0) is 8.43. The average Bonchev–Trinajstić information content (AvgIpc) is 2.01. The van der Waals surface area contributed by atoms with Gasteiger partial charge in [0.05, 0.1) is 0 Å². The molecule has 0 aromatic carbocycles. The van der Waals surface area contributed by atoms with Crippen molar-refractivity contribution in [3.63, 3.8) is 0 Å². The molecule has 4 heteroatoms. The van der Waals surface area contributed by atoms with E-state index >= 15 is 0 Å². The van der Waals surface area contributed by atoms with Crippen molar-refractivity contribution in [3.8, 4) is 0 Å². The Bertz CT molecular complexity index is 212. The molecule has 2 unspecified atom stereocenters. The van der Waals surface area contributed by atoms with Gasteiger partial charge in [-0.05, 0) is 6.08 Å². The average molecular weight is 157 g/mol. The Morgan fingerprint density at radius 3 is 2.55 bits per heavy atom. The highest BCUT2D eigenvalue weighted by molar-refractivity contribution is 6.22. The molecule has 1 aliphatic carbocycles. The van der Waals surface area contributed by atoms with Crippen molar-refractivity contribution in [2.24, 2.45) is 0 Å². The van der Waals surface area contributed by atoms with Gasteiger partial charge in [0.15, 0.2) is 6.17 Å². The van der Waals surface area contributed by atoms with Crippen molar-refractivity contribution < 1.29 is 8.78 Å². The molecule has 0 spiro atoms. The van der Waals surface area contributed by atoms with E-state index in [0.29, 0.717) is 11.2 Å². The van der Waals surface area contributed by atoms with E-state index in [-0.39, 0.29) is 0 Å². The third-order valence-electron chi connectivity index (χ3n) is 1.80. The van der Waals surface area contributed by atoms with Crippen molar-refractivity contribution in [1.82, 2.24) is 5.32 Å². The van der Waals surface area contributed by atoms with Crippen LogP contribution in [0.2, 0.25) is 0 Å².